The lowest BCUT2D eigenvalue weighted by Gasteiger charge is -1.97. The first-order valence-corrected chi connectivity index (χ1v) is 5.61. The third-order valence-electron chi connectivity index (χ3n) is 2.22. The molecular weight excluding hydrogens is 243 g/mol. The number of hydrogen-bond acceptors (Lipinski definition) is 4. The maximum Gasteiger partial charge on any atom is 0.351 e. The van der Waals surface area contributed by atoms with Gasteiger partial charge in [-0.05, 0) is 12.1 Å². The number of methoxy groups -OCH3 is 1. The third-order valence-corrected chi connectivity index (χ3v) is 3.36. The molecule has 17 heavy (non-hydrogen) atoms. The highest BCUT2D eigenvalue weighted by Crippen LogP contribution is 2.36. The van der Waals surface area contributed by atoms with Crippen LogP contribution >= 0.6 is 11.3 Å². The largest absolute Gasteiger partial charge is 0.506 e. The van der Waals surface area contributed by atoms with Gasteiger partial charge < -0.3 is 9.84 Å². The van der Waals surface area contributed by atoms with Crippen molar-refractivity contribution in [3.63, 3.8) is 0 Å². The van der Waals surface area contributed by atoms with Gasteiger partial charge in [0.15, 0.2) is 4.88 Å². The topological polar surface area (TPSA) is 46.5 Å². The lowest BCUT2D eigenvalue weighted by Crippen LogP contribution is -1.97. The molecule has 3 nitrogen and oxygen atoms in total. The maximum atomic E-state index is 13.5. The van der Waals surface area contributed by atoms with E-state index in [1.807, 2.05) is 0 Å². The Morgan fingerprint density at radius 3 is 2.76 bits per heavy atom. The van der Waals surface area contributed by atoms with Crippen molar-refractivity contribution in [2.24, 2.45) is 0 Å². The van der Waals surface area contributed by atoms with Crippen LogP contribution < -0.4 is 0 Å². The van der Waals surface area contributed by atoms with E-state index in [4.69, 9.17) is 0 Å². The van der Waals surface area contributed by atoms with E-state index in [1.165, 1.54) is 19.2 Å². The van der Waals surface area contributed by atoms with Crippen LogP contribution in [0.4, 0.5) is 4.39 Å². The standard InChI is InChI=1S/C12H9FO3S/c1-16-12(15)11-9(14)6-10(17-11)7-4-2-3-5-8(7)13/h2-6,14H,1H3. The van der Waals surface area contributed by atoms with Gasteiger partial charge in [-0.2, -0.15) is 0 Å². The predicted molar refractivity (Wildman–Crippen MR) is 62.7 cm³/mol. The summed E-state index contributed by atoms with van der Waals surface area (Å²) in [6, 6.07) is 7.53. The molecule has 0 unspecified atom stereocenters. The minimum atomic E-state index is -0.630. The highest BCUT2D eigenvalue weighted by atomic mass is 32.1. The van der Waals surface area contributed by atoms with Crippen molar-refractivity contribution in [3.8, 4) is 16.2 Å². The minimum Gasteiger partial charge on any atom is -0.506 e. The predicted octanol–water partition coefficient (Wildman–Crippen LogP) is 3.05. The molecule has 0 aliphatic heterocycles. The molecule has 0 saturated heterocycles. The van der Waals surface area contributed by atoms with Gasteiger partial charge in [0.1, 0.15) is 11.6 Å². The Kier molecular flexibility index (Phi) is 3.10. The maximum absolute atomic E-state index is 13.5. The highest BCUT2D eigenvalue weighted by Gasteiger charge is 2.18. The number of esters is 1. The van der Waals surface area contributed by atoms with Gasteiger partial charge in [-0.1, -0.05) is 18.2 Å². The van der Waals surface area contributed by atoms with Crippen LogP contribution in [-0.2, 0) is 4.74 Å². The molecule has 0 aliphatic carbocycles. The van der Waals surface area contributed by atoms with Gasteiger partial charge in [-0.3, -0.25) is 0 Å². The number of hydrogen-bond donors (Lipinski definition) is 1. The summed E-state index contributed by atoms with van der Waals surface area (Å²) in [4.78, 5) is 11.9. The normalized spacial score (nSPS) is 10.2. The third kappa shape index (κ3) is 2.14. The van der Waals surface area contributed by atoms with Crippen LogP contribution in [0.3, 0.4) is 0 Å². The zero-order valence-electron chi connectivity index (χ0n) is 8.94. The quantitative estimate of drug-likeness (QED) is 0.835. The first-order chi connectivity index (χ1) is 8.13. The number of carbonyl (C=O) groups excluding carboxylic acids is 1. The van der Waals surface area contributed by atoms with Gasteiger partial charge in [0.05, 0.1) is 7.11 Å². The molecule has 88 valence electrons. The molecule has 0 amide bonds. The molecule has 1 N–H and O–H groups in total. The van der Waals surface area contributed by atoms with E-state index in [1.54, 1.807) is 18.2 Å². The number of aromatic hydroxyl groups is 1. The van der Waals surface area contributed by atoms with Gasteiger partial charge in [0.2, 0.25) is 0 Å². The van der Waals surface area contributed by atoms with E-state index in [0.29, 0.717) is 10.4 Å². The molecule has 0 spiro atoms. The summed E-state index contributed by atoms with van der Waals surface area (Å²) in [6.45, 7) is 0. The van der Waals surface area contributed by atoms with Crippen molar-refractivity contribution >= 4 is 17.3 Å². The molecule has 2 aromatic rings. The minimum absolute atomic E-state index is 0.0748. The van der Waals surface area contributed by atoms with Crippen molar-refractivity contribution < 1.29 is 19.0 Å². The van der Waals surface area contributed by atoms with E-state index in [-0.39, 0.29) is 10.6 Å². The van der Waals surface area contributed by atoms with Crippen molar-refractivity contribution in [1.82, 2.24) is 0 Å². The highest BCUT2D eigenvalue weighted by molar-refractivity contribution is 7.17. The number of benzene rings is 1. The second-order valence-electron chi connectivity index (χ2n) is 3.30. The lowest BCUT2D eigenvalue weighted by molar-refractivity contribution is 0.0603. The summed E-state index contributed by atoms with van der Waals surface area (Å²) in [5.41, 5.74) is 0.350. The Bertz CT molecular complexity index is 563. The van der Waals surface area contributed by atoms with Crippen LogP contribution in [0.25, 0.3) is 10.4 Å². The number of carbonyl (C=O) groups is 1. The summed E-state index contributed by atoms with van der Waals surface area (Å²) >= 11 is 0.995. The summed E-state index contributed by atoms with van der Waals surface area (Å²) < 4.78 is 18.0. The number of halogens is 1. The van der Waals surface area contributed by atoms with Crippen LogP contribution in [-0.4, -0.2) is 18.2 Å². The summed E-state index contributed by atoms with van der Waals surface area (Å²) in [7, 11) is 1.23. The van der Waals surface area contributed by atoms with Crippen molar-refractivity contribution in [3.05, 3.63) is 41.0 Å². The van der Waals surface area contributed by atoms with E-state index >= 15 is 0 Å². The van der Waals surface area contributed by atoms with Crippen LogP contribution in [0, 0.1) is 5.82 Å². The van der Waals surface area contributed by atoms with Crippen LogP contribution in [0.15, 0.2) is 30.3 Å². The van der Waals surface area contributed by atoms with Crippen LogP contribution in [0.5, 0.6) is 5.75 Å². The SMILES string of the molecule is COC(=O)c1sc(-c2ccccc2F)cc1O. The van der Waals surface area contributed by atoms with E-state index in [2.05, 4.69) is 4.74 Å². The first kappa shape index (κ1) is 11.6. The van der Waals surface area contributed by atoms with Crippen molar-refractivity contribution in [1.29, 1.82) is 0 Å². The average molecular weight is 252 g/mol. The van der Waals surface area contributed by atoms with Crippen molar-refractivity contribution in [2.75, 3.05) is 7.11 Å². The number of thiophene rings is 1. The summed E-state index contributed by atoms with van der Waals surface area (Å²) in [5, 5.41) is 9.57. The summed E-state index contributed by atoms with van der Waals surface area (Å²) in [6.07, 6.45) is 0. The molecule has 1 aromatic carbocycles. The van der Waals surface area contributed by atoms with Gasteiger partial charge in [0.25, 0.3) is 0 Å². The molecule has 1 heterocycles. The Hall–Kier alpha value is -1.88. The zero-order valence-corrected chi connectivity index (χ0v) is 9.75. The fourth-order valence-electron chi connectivity index (χ4n) is 1.41. The molecule has 0 aliphatic rings. The molecule has 0 radical (unpaired) electrons. The molecule has 5 heteroatoms. The van der Waals surface area contributed by atoms with Crippen molar-refractivity contribution in [2.45, 2.75) is 0 Å². The van der Waals surface area contributed by atoms with Gasteiger partial charge >= 0.3 is 5.97 Å². The van der Waals surface area contributed by atoms with Gasteiger partial charge in [-0.15, -0.1) is 11.3 Å². The van der Waals surface area contributed by atoms with E-state index in [9.17, 15) is 14.3 Å². The van der Waals surface area contributed by atoms with Crippen LogP contribution in [0.2, 0.25) is 0 Å². The smallest absolute Gasteiger partial charge is 0.351 e. The molecule has 0 bridgehead atoms. The lowest BCUT2D eigenvalue weighted by atomic mass is 10.2. The Morgan fingerprint density at radius 2 is 2.12 bits per heavy atom. The zero-order chi connectivity index (χ0) is 12.4. The Morgan fingerprint density at radius 1 is 1.41 bits per heavy atom. The molecule has 1 aromatic heterocycles. The molecule has 0 saturated carbocycles. The fourth-order valence-corrected chi connectivity index (χ4v) is 2.41. The molecule has 0 atom stereocenters. The van der Waals surface area contributed by atoms with Gasteiger partial charge in [0, 0.05) is 10.4 Å². The van der Waals surface area contributed by atoms with Gasteiger partial charge in [-0.25, -0.2) is 9.18 Å². The fraction of sp³-hybridized carbons (Fsp3) is 0.0833. The Labute approximate surface area is 101 Å². The second kappa shape index (κ2) is 4.55. The van der Waals surface area contributed by atoms with E-state index in [0.717, 1.165) is 11.3 Å². The summed E-state index contributed by atoms with van der Waals surface area (Å²) in [5.74, 6) is -1.22. The average Bonchev–Trinajstić information content (AvgIpc) is 2.71. The second-order valence-corrected chi connectivity index (χ2v) is 4.35. The molecule has 0 fully saturated rings. The number of ether oxygens (including phenoxy) is 1. The number of rotatable bonds is 2. The molecular formula is C12H9FO3S. The van der Waals surface area contributed by atoms with Crippen LogP contribution in [0.1, 0.15) is 9.67 Å². The molecule has 2 rings (SSSR count). The Balaban J connectivity index is 2.49. The van der Waals surface area contributed by atoms with E-state index < -0.39 is 11.8 Å². The monoisotopic (exact) mass is 252 g/mol. The first-order valence-electron chi connectivity index (χ1n) is 4.79.